The van der Waals surface area contributed by atoms with Gasteiger partial charge in [0.15, 0.2) is 11.6 Å². The first-order chi connectivity index (χ1) is 6.97. The van der Waals surface area contributed by atoms with Crippen LogP contribution < -0.4 is 0 Å². The molecule has 0 saturated heterocycles. The van der Waals surface area contributed by atoms with Gasteiger partial charge in [-0.1, -0.05) is 0 Å². The highest BCUT2D eigenvalue weighted by Gasteiger charge is 2.19. The number of carbonyl (C=O) groups is 2. The Balaban J connectivity index is 3.33. The Morgan fingerprint density at radius 1 is 1.40 bits per heavy atom. The molecule has 1 atom stereocenters. The molecule has 1 aromatic carbocycles. The number of rotatable bonds is 3. The number of carbonyl (C=O) groups excluding carboxylic acids is 1. The SMILES string of the molecule is CC(C(=O)O)c1cc(F)c(F)cc1C=O. The third-order valence-electron chi connectivity index (χ3n) is 2.09. The normalized spacial score (nSPS) is 12.2. The Morgan fingerprint density at radius 2 is 1.93 bits per heavy atom. The van der Waals surface area contributed by atoms with Gasteiger partial charge >= 0.3 is 5.97 Å². The fourth-order valence-electron chi connectivity index (χ4n) is 1.19. The van der Waals surface area contributed by atoms with Gasteiger partial charge in [0.1, 0.15) is 6.29 Å². The van der Waals surface area contributed by atoms with Crippen molar-refractivity contribution in [1.82, 2.24) is 0 Å². The van der Waals surface area contributed by atoms with E-state index in [1.165, 1.54) is 6.92 Å². The molecule has 1 N–H and O–H groups in total. The highest BCUT2D eigenvalue weighted by Crippen LogP contribution is 2.22. The van der Waals surface area contributed by atoms with Crippen LogP contribution >= 0.6 is 0 Å². The third-order valence-corrected chi connectivity index (χ3v) is 2.09. The van der Waals surface area contributed by atoms with Gasteiger partial charge in [0, 0.05) is 5.56 Å². The summed E-state index contributed by atoms with van der Waals surface area (Å²) in [7, 11) is 0. The summed E-state index contributed by atoms with van der Waals surface area (Å²) in [5.74, 6) is -4.59. The van der Waals surface area contributed by atoms with Crippen LogP contribution in [0, 0.1) is 11.6 Å². The van der Waals surface area contributed by atoms with Crippen LogP contribution in [0.15, 0.2) is 12.1 Å². The lowest BCUT2D eigenvalue weighted by Crippen LogP contribution is -2.11. The molecule has 0 spiro atoms. The molecule has 0 amide bonds. The molecule has 0 aliphatic heterocycles. The van der Waals surface area contributed by atoms with Crippen LogP contribution in [0.3, 0.4) is 0 Å². The van der Waals surface area contributed by atoms with Crippen LogP contribution in [0.2, 0.25) is 0 Å². The number of halogens is 2. The number of carboxylic acids is 1. The molecule has 5 heteroatoms. The minimum atomic E-state index is -1.20. The number of benzene rings is 1. The fraction of sp³-hybridized carbons (Fsp3) is 0.200. The monoisotopic (exact) mass is 214 g/mol. The van der Waals surface area contributed by atoms with E-state index in [1.54, 1.807) is 0 Å². The Bertz CT molecular complexity index is 415. The van der Waals surface area contributed by atoms with Gasteiger partial charge < -0.3 is 5.11 Å². The maximum atomic E-state index is 12.8. The van der Waals surface area contributed by atoms with E-state index in [0.29, 0.717) is 12.4 Å². The number of aldehydes is 1. The largest absolute Gasteiger partial charge is 0.481 e. The first kappa shape index (κ1) is 11.3. The lowest BCUT2D eigenvalue weighted by atomic mass is 9.96. The van der Waals surface area contributed by atoms with Crippen LogP contribution in [0.4, 0.5) is 8.78 Å². The summed E-state index contributed by atoms with van der Waals surface area (Å²) in [5, 5.41) is 8.68. The second-order valence-corrected chi connectivity index (χ2v) is 3.07. The maximum absolute atomic E-state index is 12.8. The number of aliphatic carboxylic acids is 1. The van der Waals surface area contributed by atoms with Gasteiger partial charge in [0.2, 0.25) is 0 Å². The van der Waals surface area contributed by atoms with Crippen LogP contribution in [0.1, 0.15) is 28.8 Å². The summed E-state index contributed by atoms with van der Waals surface area (Å²) >= 11 is 0. The van der Waals surface area contributed by atoms with E-state index in [2.05, 4.69) is 0 Å². The van der Waals surface area contributed by atoms with Crippen molar-refractivity contribution in [3.63, 3.8) is 0 Å². The zero-order valence-electron chi connectivity index (χ0n) is 7.83. The van der Waals surface area contributed by atoms with Crippen LogP contribution in [0.25, 0.3) is 0 Å². The molecule has 0 heterocycles. The predicted octanol–water partition coefficient (Wildman–Crippen LogP) is 1.97. The molecule has 0 aromatic heterocycles. The van der Waals surface area contributed by atoms with Gasteiger partial charge in [0.05, 0.1) is 5.92 Å². The first-order valence-corrected chi connectivity index (χ1v) is 4.14. The predicted molar refractivity (Wildman–Crippen MR) is 47.8 cm³/mol. The van der Waals surface area contributed by atoms with Crippen LogP contribution in [-0.4, -0.2) is 17.4 Å². The maximum Gasteiger partial charge on any atom is 0.310 e. The van der Waals surface area contributed by atoms with E-state index in [0.717, 1.165) is 6.07 Å². The highest BCUT2D eigenvalue weighted by molar-refractivity contribution is 5.83. The van der Waals surface area contributed by atoms with Gasteiger partial charge in [-0.3, -0.25) is 9.59 Å². The molecule has 0 bridgehead atoms. The standard InChI is InChI=1S/C10H8F2O3/c1-5(10(14)15)7-3-9(12)8(11)2-6(7)4-13/h2-5H,1H3,(H,14,15). The quantitative estimate of drug-likeness (QED) is 0.782. The lowest BCUT2D eigenvalue weighted by Gasteiger charge is -2.09. The third kappa shape index (κ3) is 2.18. The minimum Gasteiger partial charge on any atom is -0.481 e. The van der Waals surface area contributed by atoms with Crippen molar-refractivity contribution in [2.24, 2.45) is 0 Å². The van der Waals surface area contributed by atoms with E-state index in [-0.39, 0.29) is 11.1 Å². The average Bonchev–Trinajstić information content (AvgIpc) is 2.20. The summed E-state index contributed by atoms with van der Waals surface area (Å²) in [4.78, 5) is 21.2. The van der Waals surface area contributed by atoms with Crippen molar-refractivity contribution >= 4 is 12.3 Å². The molecule has 1 aromatic rings. The number of carboxylic acid groups (broad SMARTS) is 1. The van der Waals surface area contributed by atoms with E-state index >= 15 is 0 Å². The summed E-state index contributed by atoms with van der Waals surface area (Å²) in [5.41, 5.74) is -0.180. The van der Waals surface area contributed by atoms with Crippen molar-refractivity contribution in [3.8, 4) is 0 Å². The molecule has 80 valence electrons. The highest BCUT2D eigenvalue weighted by atomic mass is 19.2. The first-order valence-electron chi connectivity index (χ1n) is 4.14. The zero-order valence-corrected chi connectivity index (χ0v) is 7.83. The second kappa shape index (κ2) is 4.16. The molecular formula is C10H8F2O3. The lowest BCUT2D eigenvalue weighted by molar-refractivity contribution is -0.138. The molecule has 1 rings (SSSR count). The summed E-state index contributed by atoms with van der Waals surface area (Å²) in [6.07, 6.45) is 0.303. The van der Waals surface area contributed by atoms with E-state index in [4.69, 9.17) is 5.11 Å². The molecule has 0 radical (unpaired) electrons. The average molecular weight is 214 g/mol. The van der Waals surface area contributed by atoms with Gasteiger partial charge in [-0.25, -0.2) is 8.78 Å². The van der Waals surface area contributed by atoms with Gasteiger partial charge in [-0.2, -0.15) is 0 Å². The zero-order chi connectivity index (χ0) is 11.6. The molecule has 0 fully saturated rings. The van der Waals surface area contributed by atoms with Crippen molar-refractivity contribution < 1.29 is 23.5 Å². The Morgan fingerprint density at radius 3 is 2.40 bits per heavy atom. The van der Waals surface area contributed by atoms with Crippen molar-refractivity contribution in [2.75, 3.05) is 0 Å². The van der Waals surface area contributed by atoms with Crippen molar-refractivity contribution in [1.29, 1.82) is 0 Å². The van der Waals surface area contributed by atoms with Gasteiger partial charge in [-0.05, 0) is 24.6 Å². The summed E-state index contributed by atoms with van der Waals surface area (Å²) in [6.45, 7) is 1.29. The molecule has 3 nitrogen and oxygen atoms in total. The Kier molecular flexibility index (Phi) is 3.14. The second-order valence-electron chi connectivity index (χ2n) is 3.07. The molecule has 0 saturated carbocycles. The Hall–Kier alpha value is -1.78. The topological polar surface area (TPSA) is 54.4 Å². The fourth-order valence-corrected chi connectivity index (χ4v) is 1.19. The summed E-state index contributed by atoms with van der Waals surface area (Å²) in [6, 6.07) is 1.43. The minimum absolute atomic E-state index is 0.0311. The van der Waals surface area contributed by atoms with Crippen molar-refractivity contribution in [3.05, 3.63) is 34.9 Å². The number of hydrogen-bond acceptors (Lipinski definition) is 2. The summed E-state index contributed by atoms with van der Waals surface area (Å²) < 4.78 is 25.6. The van der Waals surface area contributed by atoms with Gasteiger partial charge in [-0.15, -0.1) is 0 Å². The van der Waals surface area contributed by atoms with Crippen LogP contribution in [0.5, 0.6) is 0 Å². The van der Waals surface area contributed by atoms with E-state index in [1.807, 2.05) is 0 Å². The number of hydrogen-bond donors (Lipinski definition) is 1. The molecular weight excluding hydrogens is 206 g/mol. The molecule has 15 heavy (non-hydrogen) atoms. The van der Waals surface area contributed by atoms with E-state index in [9.17, 15) is 18.4 Å². The van der Waals surface area contributed by atoms with Crippen molar-refractivity contribution in [2.45, 2.75) is 12.8 Å². The van der Waals surface area contributed by atoms with Crippen LogP contribution in [-0.2, 0) is 4.79 Å². The van der Waals surface area contributed by atoms with Gasteiger partial charge in [0.25, 0.3) is 0 Å². The Labute approximate surface area is 84.3 Å². The molecule has 0 aliphatic carbocycles. The van der Waals surface area contributed by atoms with E-state index < -0.39 is 23.5 Å². The molecule has 1 unspecified atom stereocenters. The molecule has 0 aliphatic rings. The smallest absolute Gasteiger partial charge is 0.310 e.